The minimum atomic E-state index is -0.663. The van der Waals surface area contributed by atoms with E-state index in [-0.39, 0.29) is 24.6 Å². The molecule has 118 valence electrons. The van der Waals surface area contributed by atoms with Crippen molar-refractivity contribution in [3.63, 3.8) is 0 Å². The maximum Gasteiger partial charge on any atom is 0.323 e. The zero-order chi connectivity index (χ0) is 15.2. The van der Waals surface area contributed by atoms with Crippen molar-refractivity contribution in [2.24, 2.45) is 5.73 Å². The molecule has 0 aromatic heterocycles. The van der Waals surface area contributed by atoms with Crippen molar-refractivity contribution < 1.29 is 14.3 Å². The van der Waals surface area contributed by atoms with E-state index in [2.05, 4.69) is 6.58 Å². The number of hydrogen-bond acceptors (Lipinski definition) is 4. The molecule has 0 amide bonds. The van der Waals surface area contributed by atoms with Gasteiger partial charge in [0.05, 0.1) is 0 Å². The van der Waals surface area contributed by atoms with E-state index in [9.17, 15) is 4.79 Å². The molecule has 0 fully saturated rings. The predicted molar refractivity (Wildman–Crippen MR) is 86.9 cm³/mol. The molecule has 0 aliphatic carbocycles. The Morgan fingerprint density at radius 1 is 1.33 bits per heavy atom. The molecule has 1 aromatic rings. The van der Waals surface area contributed by atoms with Crippen LogP contribution in [0.2, 0.25) is 0 Å². The van der Waals surface area contributed by atoms with Gasteiger partial charge in [-0.3, -0.25) is 4.79 Å². The molecule has 0 unspecified atom stereocenters. The third kappa shape index (κ3) is 7.73. The molecule has 0 heterocycles. The molecule has 4 nitrogen and oxygen atoms in total. The fourth-order valence-corrected chi connectivity index (χ4v) is 1.63. The monoisotopic (exact) mass is 313 g/mol. The van der Waals surface area contributed by atoms with E-state index in [1.54, 1.807) is 0 Å². The first-order valence-electron chi connectivity index (χ1n) is 6.63. The Morgan fingerprint density at radius 3 is 2.38 bits per heavy atom. The summed E-state index contributed by atoms with van der Waals surface area (Å²) in [6.45, 7) is 9.65. The van der Waals surface area contributed by atoms with E-state index in [1.165, 1.54) is 6.08 Å². The number of esters is 1. The number of carbonyl (C=O) groups excluding carboxylic acids is 1. The van der Waals surface area contributed by atoms with E-state index in [4.69, 9.17) is 15.2 Å². The molecule has 1 rings (SSSR count). The standard InChI is InChI=1S/C16H23NO3.ClH/c1-5-10-19-15(18)14(17)11-12-6-8-13(9-7-12)20-16(2,3)4;/h5-9,14H,1,10-11,17H2,2-4H3;1H/t14-;/m1./s1. The highest BCUT2D eigenvalue weighted by atomic mass is 35.5. The number of hydrogen-bond donors (Lipinski definition) is 1. The molecular formula is C16H24ClNO3. The van der Waals surface area contributed by atoms with E-state index >= 15 is 0 Å². The molecule has 0 aliphatic heterocycles. The molecule has 0 radical (unpaired) electrons. The lowest BCUT2D eigenvalue weighted by Crippen LogP contribution is -2.34. The first-order valence-corrected chi connectivity index (χ1v) is 6.63. The Hall–Kier alpha value is -1.52. The van der Waals surface area contributed by atoms with Gasteiger partial charge in [0.15, 0.2) is 0 Å². The van der Waals surface area contributed by atoms with Gasteiger partial charge in [0, 0.05) is 0 Å². The van der Waals surface area contributed by atoms with Crippen molar-refractivity contribution in [1.82, 2.24) is 0 Å². The molecule has 1 atom stereocenters. The smallest absolute Gasteiger partial charge is 0.323 e. The number of benzene rings is 1. The summed E-state index contributed by atoms with van der Waals surface area (Å²) in [7, 11) is 0. The summed E-state index contributed by atoms with van der Waals surface area (Å²) in [5, 5.41) is 0. The van der Waals surface area contributed by atoms with Crippen LogP contribution in [0.3, 0.4) is 0 Å². The summed E-state index contributed by atoms with van der Waals surface area (Å²) < 4.78 is 10.6. The Labute approximate surface area is 132 Å². The fourth-order valence-electron chi connectivity index (χ4n) is 1.63. The van der Waals surface area contributed by atoms with Crippen LogP contribution in [0.4, 0.5) is 0 Å². The first kappa shape index (κ1) is 19.5. The zero-order valence-electron chi connectivity index (χ0n) is 12.8. The van der Waals surface area contributed by atoms with Gasteiger partial charge in [-0.2, -0.15) is 0 Å². The number of rotatable bonds is 6. The average Bonchev–Trinajstić information content (AvgIpc) is 2.36. The number of nitrogens with two attached hydrogens (primary N) is 1. The van der Waals surface area contributed by atoms with Gasteiger partial charge in [-0.25, -0.2) is 0 Å². The molecule has 5 heteroatoms. The summed E-state index contributed by atoms with van der Waals surface area (Å²) in [6, 6.07) is 6.90. The maximum absolute atomic E-state index is 11.5. The maximum atomic E-state index is 11.5. The molecule has 21 heavy (non-hydrogen) atoms. The molecule has 0 saturated carbocycles. The van der Waals surface area contributed by atoms with Crippen LogP contribution in [-0.4, -0.2) is 24.2 Å². The van der Waals surface area contributed by atoms with Crippen LogP contribution in [0.15, 0.2) is 36.9 Å². The van der Waals surface area contributed by atoms with Crippen molar-refractivity contribution in [2.75, 3.05) is 6.61 Å². The van der Waals surface area contributed by atoms with Gasteiger partial charge >= 0.3 is 5.97 Å². The Bertz CT molecular complexity index is 452. The summed E-state index contributed by atoms with van der Waals surface area (Å²) in [6.07, 6.45) is 1.95. The topological polar surface area (TPSA) is 61.5 Å². The zero-order valence-corrected chi connectivity index (χ0v) is 13.6. The minimum absolute atomic E-state index is 0. The quantitative estimate of drug-likeness (QED) is 0.648. The molecule has 0 saturated heterocycles. The van der Waals surface area contributed by atoms with Gasteiger partial charge in [0.2, 0.25) is 0 Å². The van der Waals surface area contributed by atoms with E-state index in [0.29, 0.717) is 6.42 Å². The van der Waals surface area contributed by atoms with Crippen LogP contribution in [0.25, 0.3) is 0 Å². The molecular weight excluding hydrogens is 290 g/mol. The highest BCUT2D eigenvalue weighted by Crippen LogP contribution is 2.19. The van der Waals surface area contributed by atoms with Gasteiger partial charge in [-0.15, -0.1) is 12.4 Å². The second-order valence-corrected chi connectivity index (χ2v) is 5.59. The van der Waals surface area contributed by atoms with Crippen LogP contribution in [-0.2, 0) is 16.0 Å². The van der Waals surface area contributed by atoms with Crippen LogP contribution in [0, 0.1) is 0 Å². The third-order valence-electron chi connectivity index (χ3n) is 2.45. The van der Waals surface area contributed by atoms with Crippen LogP contribution in [0.1, 0.15) is 26.3 Å². The van der Waals surface area contributed by atoms with Crippen molar-refractivity contribution in [3.05, 3.63) is 42.5 Å². The minimum Gasteiger partial charge on any atom is -0.488 e. The van der Waals surface area contributed by atoms with Gasteiger partial charge in [-0.1, -0.05) is 24.8 Å². The van der Waals surface area contributed by atoms with Gasteiger partial charge < -0.3 is 15.2 Å². The third-order valence-corrected chi connectivity index (χ3v) is 2.45. The molecule has 0 bridgehead atoms. The van der Waals surface area contributed by atoms with Crippen LogP contribution >= 0.6 is 12.4 Å². The molecule has 2 N–H and O–H groups in total. The Morgan fingerprint density at radius 2 is 1.90 bits per heavy atom. The highest BCUT2D eigenvalue weighted by molar-refractivity contribution is 5.85. The normalized spacial score (nSPS) is 12.0. The Balaban J connectivity index is 0.00000400. The highest BCUT2D eigenvalue weighted by Gasteiger charge is 2.16. The van der Waals surface area contributed by atoms with Gasteiger partial charge in [0.1, 0.15) is 24.0 Å². The molecule has 0 spiro atoms. The molecule has 1 aromatic carbocycles. The van der Waals surface area contributed by atoms with Crippen LogP contribution in [0.5, 0.6) is 5.75 Å². The average molecular weight is 314 g/mol. The lowest BCUT2D eigenvalue weighted by molar-refractivity contribution is -0.143. The Kier molecular flexibility index (Phi) is 8.07. The van der Waals surface area contributed by atoms with Crippen molar-refractivity contribution in [1.29, 1.82) is 0 Å². The van der Waals surface area contributed by atoms with E-state index in [0.717, 1.165) is 11.3 Å². The largest absolute Gasteiger partial charge is 0.488 e. The van der Waals surface area contributed by atoms with Crippen LogP contribution < -0.4 is 10.5 Å². The summed E-state index contributed by atoms with van der Waals surface area (Å²) >= 11 is 0. The molecule has 0 aliphatic rings. The second-order valence-electron chi connectivity index (χ2n) is 5.59. The van der Waals surface area contributed by atoms with Gasteiger partial charge in [0.25, 0.3) is 0 Å². The fraction of sp³-hybridized carbons (Fsp3) is 0.438. The van der Waals surface area contributed by atoms with Gasteiger partial charge in [-0.05, 0) is 44.9 Å². The lowest BCUT2D eigenvalue weighted by atomic mass is 10.1. The van der Waals surface area contributed by atoms with E-state index < -0.39 is 12.0 Å². The van der Waals surface area contributed by atoms with Crippen molar-refractivity contribution in [3.8, 4) is 5.75 Å². The second kappa shape index (κ2) is 8.70. The summed E-state index contributed by atoms with van der Waals surface area (Å²) in [5.74, 6) is 0.379. The van der Waals surface area contributed by atoms with E-state index in [1.807, 2.05) is 45.0 Å². The number of halogens is 1. The van der Waals surface area contributed by atoms with Crippen molar-refractivity contribution >= 4 is 18.4 Å². The number of ether oxygens (including phenoxy) is 2. The number of carbonyl (C=O) groups is 1. The summed E-state index contributed by atoms with van der Waals surface area (Å²) in [4.78, 5) is 11.5. The lowest BCUT2D eigenvalue weighted by Gasteiger charge is -2.21. The van der Waals surface area contributed by atoms with Crippen molar-refractivity contribution in [2.45, 2.75) is 38.8 Å². The first-order chi connectivity index (χ1) is 9.31. The SMILES string of the molecule is C=CCOC(=O)[C@H](N)Cc1ccc(OC(C)(C)C)cc1.Cl. The predicted octanol–water partition coefficient (Wildman–Crippen LogP) is 2.88. The summed E-state index contributed by atoms with van der Waals surface area (Å²) in [5.41, 5.74) is 6.53.